The lowest BCUT2D eigenvalue weighted by atomic mass is 9.97. The maximum atomic E-state index is 12.8. The second-order valence-corrected chi connectivity index (χ2v) is 7.45. The van der Waals surface area contributed by atoms with Gasteiger partial charge in [-0.1, -0.05) is 12.1 Å². The fraction of sp³-hybridized carbons (Fsp3) is 0.368. The van der Waals surface area contributed by atoms with Gasteiger partial charge in [0.1, 0.15) is 18.1 Å². The number of likely N-dealkylation sites (tertiary alicyclic amines) is 1. The second-order valence-electron chi connectivity index (χ2n) is 6.57. The summed E-state index contributed by atoms with van der Waals surface area (Å²) in [5, 5.41) is 10.9. The molecular formula is C19H19NO5S. The minimum absolute atomic E-state index is 0.0106. The summed E-state index contributed by atoms with van der Waals surface area (Å²) >= 11 is 1.36. The molecule has 4 rings (SSSR count). The molecule has 2 aliphatic heterocycles. The van der Waals surface area contributed by atoms with Gasteiger partial charge in [-0.2, -0.15) is 0 Å². The molecule has 1 atom stereocenters. The van der Waals surface area contributed by atoms with Crippen LogP contribution in [0.5, 0.6) is 11.5 Å². The van der Waals surface area contributed by atoms with Crippen LogP contribution in [-0.4, -0.2) is 48.2 Å². The Morgan fingerprint density at radius 1 is 1.27 bits per heavy atom. The summed E-state index contributed by atoms with van der Waals surface area (Å²) < 4.78 is 11.1. The van der Waals surface area contributed by atoms with Gasteiger partial charge >= 0.3 is 5.97 Å². The zero-order valence-electron chi connectivity index (χ0n) is 14.1. The third-order valence-corrected chi connectivity index (χ3v) is 5.69. The lowest BCUT2D eigenvalue weighted by Gasteiger charge is -2.19. The number of fused-ring (bicyclic) bond motifs is 1. The molecule has 2 aromatic rings. The number of nitrogens with zero attached hydrogens (tertiary/aromatic N) is 1. The summed E-state index contributed by atoms with van der Waals surface area (Å²) in [6.07, 6.45) is 1.68. The topological polar surface area (TPSA) is 76.1 Å². The average Bonchev–Trinajstić information content (AvgIpc) is 3.28. The Balaban J connectivity index is 1.42. The van der Waals surface area contributed by atoms with Gasteiger partial charge in [-0.05, 0) is 36.5 Å². The van der Waals surface area contributed by atoms with E-state index in [9.17, 15) is 9.59 Å². The van der Waals surface area contributed by atoms with Gasteiger partial charge in [-0.3, -0.25) is 4.79 Å². The third kappa shape index (κ3) is 3.26. The number of thiophene rings is 1. The molecule has 0 aliphatic carbocycles. The van der Waals surface area contributed by atoms with E-state index in [1.165, 1.54) is 11.3 Å². The van der Waals surface area contributed by atoms with Crippen molar-refractivity contribution in [2.24, 2.45) is 5.92 Å². The third-order valence-electron chi connectivity index (χ3n) is 4.77. The number of ether oxygens (including phenoxy) is 2. The smallest absolute Gasteiger partial charge is 0.335 e. The number of hydrogen-bond donors (Lipinski definition) is 1. The number of rotatable bonds is 4. The van der Waals surface area contributed by atoms with Crippen molar-refractivity contribution in [2.45, 2.75) is 12.8 Å². The highest BCUT2D eigenvalue weighted by Gasteiger charge is 2.31. The van der Waals surface area contributed by atoms with Gasteiger partial charge < -0.3 is 19.5 Å². The van der Waals surface area contributed by atoms with Crippen LogP contribution in [0.3, 0.4) is 0 Å². The highest BCUT2D eigenvalue weighted by atomic mass is 32.1. The van der Waals surface area contributed by atoms with E-state index in [1.54, 1.807) is 18.2 Å². The first-order chi connectivity index (χ1) is 12.6. The molecule has 1 amide bonds. The Morgan fingerprint density at radius 2 is 2.12 bits per heavy atom. The first-order valence-corrected chi connectivity index (χ1v) is 9.48. The first kappa shape index (κ1) is 16.9. The number of aromatic carboxylic acids is 1. The summed E-state index contributed by atoms with van der Waals surface area (Å²) in [7, 11) is 0. The van der Waals surface area contributed by atoms with E-state index in [4.69, 9.17) is 14.6 Å². The molecule has 26 heavy (non-hydrogen) atoms. The van der Waals surface area contributed by atoms with Crippen LogP contribution >= 0.6 is 11.3 Å². The van der Waals surface area contributed by atoms with Gasteiger partial charge in [-0.15, -0.1) is 11.3 Å². The molecule has 1 aromatic carbocycles. The first-order valence-electron chi connectivity index (χ1n) is 8.60. The van der Waals surface area contributed by atoms with E-state index in [0.717, 1.165) is 18.4 Å². The summed E-state index contributed by atoms with van der Waals surface area (Å²) in [6.45, 7) is 2.35. The van der Waals surface area contributed by atoms with Gasteiger partial charge in [0.2, 0.25) is 0 Å². The molecule has 0 bridgehead atoms. The summed E-state index contributed by atoms with van der Waals surface area (Å²) in [5.74, 6) is 0.633. The molecule has 1 saturated heterocycles. The van der Waals surface area contributed by atoms with Crippen molar-refractivity contribution in [3.05, 3.63) is 45.6 Å². The van der Waals surface area contributed by atoms with E-state index in [1.807, 2.05) is 16.3 Å². The van der Waals surface area contributed by atoms with Crippen LogP contribution in [0.15, 0.2) is 29.6 Å². The number of carbonyl (C=O) groups excluding carboxylic acids is 1. The van der Waals surface area contributed by atoms with E-state index >= 15 is 0 Å². The average molecular weight is 373 g/mol. The Hall–Kier alpha value is -2.54. The van der Waals surface area contributed by atoms with Crippen LogP contribution in [0.4, 0.5) is 0 Å². The Labute approximate surface area is 155 Å². The molecular weight excluding hydrogens is 354 g/mol. The predicted octanol–water partition coefficient (Wildman–Crippen LogP) is 2.92. The van der Waals surface area contributed by atoms with Gasteiger partial charge in [0.05, 0.1) is 5.56 Å². The van der Waals surface area contributed by atoms with E-state index in [-0.39, 0.29) is 5.91 Å². The fourth-order valence-electron chi connectivity index (χ4n) is 3.50. The Bertz CT molecular complexity index is 846. The number of benzene rings is 1. The van der Waals surface area contributed by atoms with Crippen molar-refractivity contribution in [3.63, 3.8) is 0 Å². The number of carbonyl (C=O) groups is 2. The molecule has 0 spiro atoms. The largest absolute Gasteiger partial charge is 0.485 e. The normalized spacial score (nSPS) is 18.8. The van der Waals surface area contributed by atoms with Crippen LogP contribution < -0.4 is 9.47 Å². The van der Waals surface area contributed by atoms with Gasteiger partial charge in [0.25, 0.3) is 5.91 Å². The molecule has 0 saturated carbocycles. The van der Waals surface area contributed by atoms with Gasteiger partial charge in [-0.25, -0.2) is 4.79 Å². The predicted molar refractivity (Wildman–Crippen MR) is 96.4 cm³/mol. The lowest BCUT2D eigenvalue weighted by molar-refractivity contribution is 0.0696. The number of hydrogen-bond acceptors (Lipinski definition) is 5. The van der Waals surface area contributed by atoms with Crippen LogP contribution in [-0.2, 0) is 6.42 Å². The van der Waals surface area contributed by atoms with Crippen molar-refractivity contribution >= 4 is 23.2 Å². The molecule has 136 valence electrons. The molecule has 1 aromatic heterocycles. The number of carboxylic acid groups (broad SMARTS) is 1. The maximum Gasteiger partial charge on any atom is 0.335 e. The molecule has 1 N–H and O–H groups in total. The van der Waals surface area contributed by atoms with E-state index in [0.29, 0.717) is 54.2 Å². The molecule has 0 radical (unpaired) electrons. The quantitative estimate of drug-likeness (QED) is 0.892. The SMILES string of the molecule is O=C(O)c1cccc(C[C@H]2CCN(C(=O)c3scc4c3OCCO4)C2)c1. The Kier molecular flexibility index (Phi) is 4.55. The van der Waals surface area contributed by atoms with Crippen LogP contribution in [0.25, 0.3) is 0 Å². The van der Waals surface area contributed by atoms with Crippen molar-refractivity contribution in [2.75, 3.05) is 26.3 Å². The van der Waals surface area contributed by atoms with E-state index < -0.39 is 5.97 Å². The van der Waals surface area contributed by atoms with Gasteiger partial charge in [0, 0.05) is 18.5 Å². The molecule has 1 fully saturated rings. The lowest BCUT2D eigenvalue weighted by Crippen LogP contribution is -2.29. The zero-order chi connectivity index (χ0) is 18.1. The van der Waals surface area contributed by atoms with Crippen LogP contribution in [0.2, 0.25) is 0 Å². The minimum atomic E-state index is -0.917. The van der Waals surface area contributed by atoms with E-state index in [2.05, 4.69) is 0 Å². The monoisotopic (exact) mass is 373 g/mol. The highest BCUT2D eigenvalue weighted by Crippen LogP contribution is 2.40. The molecule has 0 unspecified atom stereocenters. The number of carboxylic acids is 1. The van der Waals surface area contributed by atoms with Crippen molar-refractivity contribution in [3.8, 4) is 11.5 Å². The van der Waals surface area contributed by atoms with Crippen LogP contribution in [0, 0.1) is 5.92 Å². The standard InChI is InChI=1S/C19H19NO5S/c21-18(17-16-15(11-26-17)24-6-7-25-16)20-5-4-13(10-20)8-12-2-1-3-14(9-12)19(22)23/h1-3,9,11,13H,4-8,10H2,(H,22,23)/t13-/m1/s1. The summed E-state index contributed by atoms with van der Waals surface area (Å²) in [5.41, 5.74) is 1.30. The number of amides is 1. The van der Waals surface area contributed by atoms with Crippen LogP contribution in [0.1, 0.15) is 32.0 Å². The fourth-order valence-corrected chi connectivity index (χ4v) is 4.40. The van der Waals surface area contributed by atoms with Crippen molar-refractivity contribution < 1.29 is 24.2 Å². The molecule has 3 heterocycles. The summed E-state index contributed by atoms with van der Waals surface area (Å²) in [6, 6.07) is 7.02. The molecule has 7 heteroatoms. The minimum Gasteiger partial charge on any atom is -0.485 e. The molecule has 6 nitrogen and oxygen atoms in total. The Morgan fingerprint density at radius 3 is 2.96 bits per heavy atom. The highest BCUT2D eigenvalue weighted by molar-refractivity contribution is 7.12. The second kappa shape index (κ2) is 6.99. The zero-order valence-corrected chi connectivity index (χ0v) is 15.0. The molecule has 2 aliphatic rings. The maximum absolute atomic E-state index is 12.8. The van der Waals surface area contributed by atoms with Crippen molar-refractivity contribution in [1.29, 1.82) is 0 Å². The van der Waals surface area contributed by atoms with Crippen molar-refractivity contribution in [1.82, 2.24) is 4.90 Å². The summed E-state index contributed by atoms with van der Waals surface area (Å²) in [4.78, 5) is 26.4. The van der Waals surface area contributed by atoms with Gasteiger partial charge in [0.15, 0.2) is 11.5 Å².